The Morgan fingerprint density at radius 1 is 1.50 bits per heavy atom. The van der Waals surface area contributed by atoms with Crippen LogP contribution >= 0.6 is 15.9 Å². The van der Waals surface area contributed by atoms with Crippen LogP contribution in [0.5, 0.6) is 5.75 Å². The van der Waals surface area contributed by atoms with Crippen LogP contribution in [0.3, 0.4) is 0 Å². The molecule has 2 rings (SSSR count). The monoisotopic (exact) mass is 282 g/mol. The molecule has 2 aromatic rings. The number of nitrogen functional groups attached to an aromatic ring is 1. The maximum Gasteiger partial charge on any atom is 0.263 e. The Bertz CT molecular complexity index is 537. The molecule has 0 aliphatic rings. The molecule has 0 atom stereocenters. The molecule has 0 bridgehead atoms. The highest BCUT2D eigenvalue weighted by atomic mass is 79.9. The van der Waals surface area contributed by atoms with Gasteiger partial charge in [0.25, 0.3) is 5.95 Å². The van der Waals surface area contributed by atoms with Gasteiger partial charge in [-0.05, 0) is 28.6 Å². The topological polar surface area (TPSA) is 102 Å². The highest BCUT2D eigenvalue weighted by molar-refractivity contribution is 9.10. The lowest BCUT2D eigenvalue weighted by atomic mass is 10.2. The zero-order chi connectivity index (χ0) is 11.5. The van der Waals surface area contributed by atoms with Gasteiger partial charge in [0.1, 0.15) is 5.75 Å². The molecule has 0 saturated heterocycles. The third-order valence-electron chi connectivity index (χ3n) is 1.77. The lowest BCUT2D eigenvalue weighted by molar-refractivity contribution is 0.474. The molecular formula is C8H7BrN6O. The molecule has 7 nitrogen and oxygen atoms in total. The van der Waals surface area contributed by atoms with Crippen LogP contribution in [-0.2, 0) is 0 Å². The van der Waals surface area contributed by atoms with Crippen LogP contribution < -0.4 is 5.73 Å². The van der Waals surface area contributed by atoms with Crippen molar-refractivity contribution in [2.75, 3.05) is 5.73 Å². The van der Waals surface area contributed by atoms with Gasteiger partial charge in [-0.15, -0.1) is 0 Å². The van der Waals surface area contributed by atoms with Crippen LogP contribution in [0.15, 0.2) is 27.8 Å². The third-order valence-corrected chi connectivity index (χ3v) is 2.27. The van der Waals surface area contributed by atoms with Gasteiger partial charge in [-0.1, -0.05) is 25.8 Å². The standard InChI is InChI=1S/C8H7BrN6O/c9-6-1-2-7(16)5(3-6)4-11-15-8(10)12-13-14-15/h1-4,16H,(H2,10,12,14)/b11-4+. The second kappa shape index (κ2) is 4.27. The molecule has 3 N–H and O–H groups in total. The van der Waals surface area contributed by atoms with Crippen LogP contribution in [-0.4, -0.2) is 31.6 Å². The van der Waals surface area contributed by atoms with Crippen LogP contribution in [0, 0.1) is 0 Å². The molecule has 1 aromatic carbocycles. The summed E-state index contributed by atoms with van der Waals surface area (Å²) in [5.41, 5.74) is 5.95. The summed E-state index contributed by atoms with van der Waals surface area (Å²) in [6.45, 7) is 0. The number of nitrogens with two attached hydrogens (primary N) is 1. The number of nitrogens with zero attached hydrogens (tertiary/aromatic N) is 5. The van der Waals surface area contributed by atoms with Crippen LogP contribution in [0.25, 0.3) is 0 Å². The summed E-state index contributed by atoms with van der Waals surface area (Å²) in [5, 5.41) is 23.7. The summed E-state index contributed by atoms with van der Waals surface area (Å²) < 4.78 is 0.830. The molecule has 1 aromatic heterocycles. The van der Waals surface area contributed by atoms with Crippen molar-refractivity contribution in [3.8, 4) is 5.75 Å². The Hall–Kier alpha value is -1.96. The van der Waals surface area contributed by atoms with Crippen LogP contribution in [0.2, 0.25) is 0 Å². The van der Waals surface area contributed by atoms with Gasteiger partial charge in [0.15, 0.2) is 0 Å². The smallest absolute Gasteiger partial charge is 0.263 e. The average Bonchev–Trinajstić information content (AvgIpc) is 2.66. The van der Waals surface area contributed by atoms with E-state index in [0.717, 1.165) is 9.26 Å². The molecule has 8 heteroatoms. The molecule has 0 unspecified atom stereocenters. The molecule has 16 heavy (non-hydrogen) atoms. The molecule has 0 aliphatic heterocycles. The van der Waals surface area contributed by atoms with E-state index in [4.69, 9.17) is 5.73 Å². The molecule has 0 saturated carbocycles. The van der Waals surface area contributed by atoms with Crippen molar-refractivity contribution in [3.63, 3.8) is 0 Å². The summed E-state index contributed by atoms with van der Waals surface area (Å²) in [5.74, 6) is 0.185. The van der Waals surface area contributed by atoms with E-state index < -0.39 is 0 Å². The number of phenols is 1. The minimum absolute atomic E-state index is 0.0748. The molecule has 0 fully saturated rings. The van der Waals surface area contributed by atoms with Crippen LogP contribution in [0.4, 0.5) is 5.95 Å². The van der Waals surface area contributed by atoms with E-state index in [1.54, 1.807) is 18.2 Å². The van der Waals surface area contributed by atoms with Crippen LogP contribution in [0.1, 0.15) is 5.56 Å². The zero-order valence-electron chi connectivity index (χ0n) is 7.95. The number of anilines is 1. The molecule has 1 heterocycles. The average molecular weight is 283 g/mol. The van der Waals surface area contributed by atoms with Gasteiger partial charge < -0.3 is 10.8 Å². The molecule has 0 spiro atoms. The van der Waals surface area contributed by atoms with E-state index in [2.05, 4.69) is 36.6 Å². The number of aromatic nitrogens is 4. The van der Waals surface area contributed by atoms with Crippen molar-refractivity contribution >= 4 is 28.1 Å². The number of tetrazole rings is 1. The maximum atomic E-state index is 9.53. The summed E-state index contributed by atoms with van der Waals surface area (Å²) in [7, 11) is 0. The first-order valence-corrected chi connectivity index (χ1v) is 5.03. The fourth-order valence-electron chi connectivity index (χ4n) is 1.02. The normalized spacial score (nSPS) is 11.1. The minimum atomic E-state index is 0.0748. The van der Waals surface area contributed by atoms with Crippen molar-refractivity contribution in [2.24, 2.45) is 5.10 Å². The number of halogens is 1. The summed E-state index contributed by atoms with van der Waals surface area (Å²) in [4.78, 5) is 1.06. The van der Waals surface area contributed by atoms with Gasteiger partial charge in [0, 0.05) is 10.0 Å². The van der Waals surface area contributed by atoms with E-state index in [1.807, 2.05) is 0 Å². The molecule has 82 valence electrons. The highest BCUT2D eigenvalue weighted by Gasteiger charge is 2.00. The van der Waals surface area contributed by atoms with Crippen molar-refractivity contribution in [1.82, 2.24) is 20.3 Å². The highest BCUT2D eigenvalue weighted by Crippen LogP contribution is 2.20. The number of phenolic OH excluding ortho intramolecular Hbond substituents is 1. The summed E-state index contributed by atoms with van der Waals surface area (Å²) >= 11 is 3.28. The van der Waals surface area contributed by atoms with E-state index in [-0.39, 0.29) is 11.7 Å². The molecule has 0 radical (unpaired) electrons. The SMILES string of the molecule is Nc1nnnn1/N=C/c1cc(Br)ccc1O. The first-order chi connectivity index (χ1) is 7.66. The van der Waals surface area contributed by atoms with Gasteiger partial charge in [0.2, 0.25) is 0 Å². The quantitative estimate of drug-likeness (QED) is 0.786. The number of hydrogen-bond acceptors (Lipinski definition) is 6. The van der Waals surface area contributed by atoms with E-state index in [9.17, 15) is 5.11 Å². The largest absolute Gasteiger partial charge is 0.507 e. The fraction of sp³-hybridized carbons (Fsp3) is 0. The second-order valence-corrected chi connectivity index (χ2v) is 3.79. The lowest BCUT2D eigenvalue weighted by Gasteiger charge is -1.98. The fourth-order valence-corrected chi connectivity index (χ4v) is 1.40. The first-order valence-electron chi connectivity index (χ1n) is 4.23. The molecule has 0 amide bonds. The molecule has 0 aliphatic carbocycles. The Labute approximate surface area is 98.7 Å². The molecular weight excluding hydrogens is 276 g/mol. The van der Waals surface area contributed by atoms with E-state index in [0.29, 0.717) is 5.56 Å². The van der Waals surface area contributed by atoms with Crippen molar-refractivity contribution < 1.29 is 5.11 Å². The predicted molar refractivity (Wildman–Crippen MR) is 61.0 cm³/mol. The van der Waals surface area contributed by atoms with E-state index >= 15 is 0 Å². The zero-order valence-corrected chi connectivity index (χ0v) is 9.53. The first kappa shape index (κ1) is 10.6. The number of rotatable bonds is 2. The van der Waals surface area contributed by atoms with Gasteiger partial charge in [0.05, 0.1) is 6.21 Å². The van der Waals surface area contributed by atoms with Gasteiger partial charge in [-0.2, -0.15) is 5.10 Å². The van der Waals surface area contributed by atoms with E-state index in [1.165, 1.54) is 6.21 Å². The number of hydrogen-bond donors (Lipinski definition) is 2. The Morgan fingerprint density at radius 3 is 3.00 bits per heavy atom. The minimum Gasteiger partial charge on any atom is -0.507 e. The Morgan fingerprint density at radius 2 is 2.31 bits per heavy atom. The van der Waals surface area contributed by atoms with Crippen molar-refractivity contribution in [2.45, 2.75) is 0 Å². The lowest BCUT2D eigenvalue weighted by Crippen LogP contribution is -1.99. The van der Waals surface area contributed by atoms with Crippen molar-refractivity contribution in [1.29, 1.82) is 0 Å². The number of aromatic hydroxyl groups is 1. The third kappa shape index (κ3) is 2.16. The second-order valence-electron chi connectivity index (χ2n) is 2.87. The maximum absolute atomic E-state index is 9.53. The Kier molecular flexibility index (Phi) is 2.82. The predicted octanol–water partition coefficient (Wildman–Crippen LogP) is 0.606. The van der Waals surface area contributed by atoms with Gasteiger partial charge in [-0.3, -0.25) is 0 Å². The number of benzene rings is 1. The summed E-state index contributed by atoms with van der Waals surface area (Å²) in [6.07, 6.45) is 1.41. The van der Waals surface area contributed by atoms with Crippen molar-refractivity contribution in [3.05, 3.63) is 28.2 Å². The summed E-state index contributed by atoms with van der Waals surface area (Å²) in [6, 6.07) is 4.98. The Balaban J connectivity index is 2.30. The van der Waals surface area contributed by atoms with Gasteiger partial charge >= 0.3 is 0 Å². The van der Waals surface area contributed by atoms with Gasteiger partial charge in [-0.25, -0.2) is 0 Å².